The highest BCUT2D eigenvalue weighted by Crippen LogP contribution is 2.63. The second kappa shape index (κ2) is 26.7. The lowest BCUT2D eigenvalue weighted by Gasteiger charge is -2.51. The minimum atomic E-state index is -0.291. The van der Waals surface area contributed by atoms with E-state index in [4.69, 9.17) is 0 Å². The van der Waals surface area contributed by atoms with Crippen molar-refractivity contribution in [2.24, 2.45) is 0 Å². The first-order chi connectivity index (χ1) is 58.4. The first-order valence-corrected chi connectivity index (χ1v) is 45.7. The van der Waals surface area contributed by atoms with Gasteiger partial charge >= 0.3 is 0 Å². The molecule has 2 atom stereocenters. The molecule has 6 nitrogen and oxygen atoms in total. The summed E-state index contributed by atoms with van der Waals surface area (Å²) >= 11 is 1.97. The second-order valence-corrected chi connectivity index (χ2v) is 42.9. The van der Waals surface area contributed by atoms with E-state index in [9.17, 15) is 0 Å². The first-order valence-electron chi connectivity index (χ1n) is 44.9. The minimum Gasteiger partial charge on any atom is -0.334 e. The molecule has 9 heteroatoms. The van der Waals surface area contributed by atoms with Gasteiger partial charge in [0.2, 0.25) is 6.71 Å². The fourth-order valence-electron chi connectivity index (χ4n) is 23.3. The molecule has 0 bridgehead atoms. The van der Waals surface area contributed by atoms with Gasteiger partial charge in [0.1, 0.15) is 0 Å². The predicted octanol–water partition coefficient (Wildman–Crippen LogP) is 27.5. The molecule has 5 aliphatic heterocycles. The van der Waals surface area contributed by atoms with E-state index in [2.05, 4.69) is 432 Å². The highest BCUT2D eigenvalue weighted by Gasteiger charge is 2.59. The molecule has 122 heavy (non-hydrogen) atoms. The molecule has 1 saturated carbocycles. The summed E-state index contributed by atoms with van der Waals surface area (Å²) in [6, 6.07) is 112. The molecule has 7 heterocycles. The van der Waals surface area contributed by atoms with Gasteiger partial charge in [-0.05, 0) is 236 Å². The minimum absolute atomic E-state index is 0.00109. The van der Waals surface area contributed by atoms with Gasteiger partial charge in [-0.25, -0.2) is 0 Å². The Morgan fingerprint density at radius 2 is 0.803 bits per heavy atom. The smallest absolute Gasteiger partial charge is 0.264 e. The maximum atomic E-state index is 2.77. The van der Waals surface area contributed by atoms with Crippen LogP contribution in [0.15, 0.2) is 291 Å². The third-order valence-corrected chi connectivity index (χ3v) is 31.6. The van der Waals surface area contributed by atoms with Crippen molar-refractivity contribution in [3.05, 3.63) is 335 Å². The third-order valence-electron chi connectivity index (χ3n) is 30.4. The Balaban J connectivity index is 0.628. The van der Waals surface area contributed by atoms with Crippen molar-refractivity contribution >= 4 is 163 Å². The molecule has 0 radical (unpaired) electrons. The van der Waals surface area contributed by atoms with Crippen molar-refractivity contribution < 1.29 is 0 Å². The second-order valence-electron chi connectivity index (χ2n) is 41.8. The molecular formula is C113H110B2N6S. The van der Waals surface area contributed by atoms with Crippen LogP contribution < -0.4 is 51.1 Å². The summed E-state index contributed by atoms with van der Waals surface area (Å²) in [5.74, 6) is 0. The summed E-state index contributed by atoms with van der Waals surface area (Å²) in [5.41, 5.74) is 37.9. The Kier molecular flexibility index (Phi) is 16.8. The van der Waals surface area contributed by atoms with Gasteiger partial charge < -0.3 is 29.1 Å². The van der Waals surface area contributed by atoms with Crippen LogP contribution in [0.5, 0.6) is 0 Å². The molecule has 1 fully saturated rings. The highest BCUT2D eigenvalue weighted by molar-refractivity contribution is 7.33. The van der Waals surface area contributed by atoms with Crippen LogP contribution in [0.2, 0.25) is 0 Å². The molecule has 22 rings (SSSR count). The van der Waals surface area contributed by atoms with E-state index in [1.54, 1.807) is 0 Å². The number of allylic oxidation sites excluding steroid dienone is 1. The number of anilines is 13. The number of fused-ring (bicyclic) bond motifs is 17. The Bertz CT molecular complexity index is 6820. The van der Waals surface area contributed by atoms with Crippen LogP contribution in [0, 0.1) is 0 Å². The summed E-state index contributed by atoms with van der Waals surface area (Å²) in [5, 5.41) is 3.79. The van der Waals surface area contributed by atoms with Crippen molar-refractivity contribution in [2.45, 2.75) is 200 Å². The van der Waals surface area contributed by atoms with E-state index in [1.807, 2.05) is 11.3 Å². The molecular weight excluding hydrogens is 1490 g/mol. The largest absolute Gasteiger partial charge is 0.334 e. The van der Waals surface area contributed by atoms with E-state index in [1.165, 1.54) is 196 Å². The van der Waals surface area contributed by atoms with Crippen LogP contribution in [-0.2, 0) is 37.9 Å². The molecule has 7 aliphatic rings. The van der Waals surface area contributed by atoms with Gasteiger partial charge in [0.15, 0.2) is 0 Å². The number of hydrogen-bond donors (Lipinski definition) is 0. The van der Waals surface area contributed by atoms with E-state index in [0.29, 0.717) is 0 Å². The molecule has 0 saturated heterocycles. The molecule has 15 aromatic rings. The van der Waals surface area contributed by atoms with Crippen molar-refractivity contribution in [3.63, 3.8) is 0 Å². The lowest BCUT2D eigenvalue weighted by molar-refractivity contribution is 0.195. The third kappa shape index (κ3) is 11.2. The zero-order valence-corrected chi connectivity index (χ0v) is 74.9. The van der Waals surface area contributed by atoms with Crippen molar-refractivity contribution in [1.82, 2.24) is 4.57 Å². The molecule has 0 spiro atoms. The zero-order valence-electron chi connectivity index (χ0n) is 74.1. The number of thiophene rings is 1. The van der Waals surface area contributed by atoms with Crippen LogP contribution >= 0.6 is 11.3 Å². The summed E-state index contributed by atoms with van der Waals surface area (Å²) in [4.78, 5) is 13.3. The van der Waals surface area contributed by atoms with Gasteiger partial charge in [-0.1, -0.05) is 299 Å². The van der Waals surface area contributed by atoms with Crippen LogP contribution in [0.4, 0.5) is 73.9 Å². The maximum absolute atomic E-state index is 2.77. The normalized spacial score (nSPS) is 18.1. The SMILES string of the molecule is CC(C)(C)c1ccc(N2c3cc(N4c5ccccc5C5(C)CCCCC45C)ccc3B3C4=C(c5ccccc5C4(C)C)N(c4ccc(C(C)(C)CCC(C)(C)c5ccc(N6c7ccc(C(C)(C)C)cc7B7c8sc9ccccc9c8N(c8ccc(C(C)(C)C)cc8)c8cc(-n9c%10ccccc%10c%10ccccc%109)cc6c87)cc5)cc4)c4cccc2c43)cc1. The highest BCUT2D eigenvalue weighted by atomic mass is 32.1. The van der Waals surface area contributed by atoms with Gasteiger partial charge in [0.25, 0.3) is 6.71 Å². The van der Waals surface area contributed by atoms with E-state index >= 15 is 0 Å². The van der Waals surface area contributed by atoms with Crippen LogP contribution in [0.1, 0.15) is 201 Å². The summed E-state index contributed by atoms with van der Waals surface area (Å²) < 4.78 is 5.22. The quantitative estimate of drug-likeness (QED) is 0.120. The Morgan fingerprint density at radius 3 is 1.41 bits per heavy atom. The standard InChI is InChI=1S/C113H110B2N6S/c1-106(2,3)71-43-52-77(53-44-71)117-94-40-30-41-95-100(94)114(88-61-60-80(68-96(88)117)121-92-39-26-23-36-87(92)112(16)63-28-29-64-113(112,121)17)104-102(84-33-18-22-35-86(84)111(104,14)15)119(95)78-58-49-74(50-59-78)110(12,13)66-65-109(10,11)73-47-56-76(57-48-73)116-93-62-51-75(108(7,8)9)67-89(93)115-101-97(116)69-81(118-90-37-24-19-31-82(90)83-32-20-25-38-91(83)118)70-98(101)120(79-54-45-72(46-55-79)107(4,5)6)103-85-34-21-27-42-99(85)122-105(103)115/h18-27,30-62,67-70H,28-29,63-66H2,1-17H3. The summed E-state index contributed by atoms with van der Waals surface area (Å²) in [6.45, 7) is 41.0. The number of benzene rings is 13. The topological polar surface area (TPSA) is 21.1 Å². The molecule has 0 amide bonds. The average Bonchev–Trinajstić information content (AvgIpc) is 1.45. The van der Waals surface area contributed by atoms with Crippen molar-refractivity contribution in [3.8, 4) is 5.69 Å². The van der Waals surface area contributed by atoms with E-state index in [0.717, 1.165) is 36.3 Å². The number of para-hydroxylation sites is 3. The lowest BCUT2D eigenvalue weighted by atomic mass is 9.30. The van der Waals surface area contributed by atoms with Crippen LogP contribution in [0.25, 0.3) is 43.3 Å². The van der Waals surface area contributed by atoms with Crippen molar-refractivity contribution in [1.29, 1.82) is 0 Å². The summed E-state index contributed by atoms with van der Waals surface area (Å²) in [6.07, 6.45) is 6.84. The van der Waals surface area contributed by atoms with Gasteiger partial charge in [0, 0.05) is 116 Å². The fraction of sp³-hybridized carbons (Fsp3) is 0.274. The zero-order chi connectivity index (χ0) is 84.0. The predicted molar refractivity (Wildman–Crippen MR) is 525 cm³/mol. The fourth-order valence-corrected chi connectivity index (χ4v) is 24.6. The lowest BCUT2D eigenvalue weighted by Crippen LogP contribution is -2.60. The number of nitrogens with zero attached hydrogens (tertiary/aromatic N) is 6. The molecule has 604 valence electrons. The Morgan fingerprint density at radius 1 is 0.344 bits per heavy atom. The van der Waals surface area contributed by atoms with Gasteiger partial charge in [-0.2, -0.15) is 0 Å². The molecule has 13 aromatic carbocycles. The maximum Gasteiger partial charge on any atom is 0.264 e. The van der Waals surface area contributed by atoms with E-state index in [-0.39, 0.29) is 56.9 Å². The summed E-state index contributed by atoms with van der Waals surface area (Å²) in [7, 11) is 0. The molecule has 2 aromatic heterocycles. The molecule has 2 unspecified atom stereocenters. The number of rotatable bonds is 11. The molecule has 0 N–H and O–H groups in total. The van der Waals surface area contributed by atoms with Crippen LogP contribution in [0.3, 0.4) is 0 Å². The van der Waals surface area contributed by atoms with Gasteiger partial charge in [0.05, 0.1) is 27.9 Å². The first kappa shape index (κ1) is 76.6. The Labute approximate surface area is 727 Å². The van der Waals surface area contributed by atoms with Crippen molar-refractivity contribution in [2.75, 3.05) is 24.5 Å². The monoisotopic (exact) mass is 1600 g/mol. The van der Waals surface area contributed by atoms with Gasteiger partial charge in [-0.15, -0.1) is 11.3 Å². The number of hydrogen-bond acceptors (Lipinski definition) is 6. The Hall–Kier alpha value is -11.5. The van der Waals surface area contributed by atoms with Crippen LogP contribution in [-0.4, -0.2) is 23.5 Å². The molecule has 2 aliphatic carbocycles. The van der Waals surface area contributed by atoms with Gasteiger partial charge in [-0.3, -0.25) is 0 Å². The number of aromatic nitrogens is 1. The average molecular weight is 1610 g/mol. The van der Waals surface area contributed by atoms with E-state index < -0.39 is 0 Å².